The predicted octanol–water partition coefficient (Wildman–Crippen LogP) is 1.91. The lowest BCUT2D eigenvalue weighted by molar-refractivity contribution is 0.0593. The fraction of sp³-hybridized carbons (Fsp3) is 0.188. The Kier molecular flexibility index (Phi) is 3.30. The van der Waals surface area contributed by atoms with Crippen molar-refractivity contribution in [2.24, 2.45) is 7.05 Å². The second kappa shape index (κ2) is 5.18. The first-order chi connectivity index (χ1) is 11.0. The minimum Gasteiger partial charge on any atom is -0.464 e. The maximum atomic E-state index is 12.0. The largest absolute Gasteiger partial charge is 0.464 e. The summed E-state index contributed by atoms with van der Waals surface area (Å²) in [6, 6.07) is 7.58. The van der Waals surface area contributed by atoms with Gasteiger partial charge in [0.05, 0.1) is 29.4 Å². The molecule has 2 N–H and O–H groups in total. The highest BCUT2D eigenvalue weighted by Gasteiger charge is 2.22. The molecule has 0 saturated carbocycles. The molecule has 116 valence electrons. The number of esters is 1. The van der Waals surface area contributed by atoms with E-state index in [1.807, 2.05) is 42.8 Å². The number of nitrogen functional groups attached to an aromatic ring is 1. The van der Waals surface area contributed by atoms with E-state index >= 15 is 0 Å². The number of imidazole rings is 1. The molecule has 7 nitrogen and oxygen atoms in total. The number of nitrogens with zero attached hydrogens (tertiary/aromatic N) is 4. The number of nitriles is 1. The van der Waals surface area contributed by atoms with Crippen LogP contribution in [0.4, 0.5) is 5.69 Å². The Balaban J connectivity index is 2.26. The second-order valence-corrected chi connectivity index (χ2v) is 5.17. The van der Waals surface area contributed by atoms with E-state index in [0.29, 0.717) is 5.69 Å². The van der Waals surface area contributed by atoms with Gasteiger partial charge in [0.25, 0.3) is 0 Å². The van der Waals surface area contributed by atoms with Crippen LogP contribution in [0.25, 0.3) is 16.7 Å². The normalized spacial score (nSPS) is 10.7. The lowest BCUT2D eigenvalue weighted by Gasteiger charge is -2.08. The zero-order valence-corrected chi connectivity index (χ0v) is 13.0. The van der Waals surface area contributed by atoms with Crippen LogP contribution >= 0.6 is 0 Å². The van der Waals surface area contributed by atoms with Crippen molar-refractivity contribution in [3.05, 3.63) is 41.5 Å². The van der Waals surface area contributed by atoms with Crippen LogP contribution in [0.3, 0.4) is 0 Å². The third-order valence-electron chi connectivity index (χ3n) is 3.91. The topological polar surface area (TPSA) is 98.9 Å². The van der Waals surface area contributed by atoms with Gasteiger partial charge in [0, 0.05) is 18.9 Å². The van der Waals surface area contributed by atoms with Gasteiger partial charge >= 0.3 is 5.97 Å². The number of carbonyl (C=O) groups is 1. The molecule has 0 unspecified atom stereocenters. The Bertz CT molecular complexity index is 975. The molecular formula is C16H15N5O2. The number of carbonyl (C=O) groups excluding carboxylic acids is 1. The van der Waals surface area contributed by atoms with Crippen molar-refractivity contribution in [1.82, 2.24) is 14.1 Å². The highest BCUT2D eigenvalue weighted by molar-refractivity contribution is 5.96. The molecular weight excluding hydrogens is 294 g/mol. The summed E-state index contributed by atoms with van der Waals surface area (Å²) >= 11 is 0. The van der Waals surface area contributed by atoms with Crippen molar-refractivity contribution in [3.8, 4) is 11.8 Å². The molecule has 0 radical (unpaired) electrons. The van der Waals surface area contributed by atoms with Crippen LogP contribution in [-0.2, 0) is 11.8 Å². The standard InChI is InChI=1S/C16H15N5O2/c1-9-19-12-6-11(4-5-13(12)20(9)2)21-8-10(7-17)14(18)15(21)16(22)23-3/h4-6,8H,18H2,1-3H3. The minimum absolute atomic E-state index is 0.108. The first-order valence-corrected chi connectivity index (χ1v) is 6.90. The number of anilines is 1. The summed E-state index contributed by atoms with van der Waals surface area (Å²) in [6.45, 7) is 1.92. The number of benzene rings is 1. The molecule has 2 aromatic heterocycles. The van der Waals surface area contributed by atoms with Crippen molar-refractivity contribution in [3.63, 3.8) is 0 Å². The maximum absolute atomic E-state index is 12.0. The van der Waals surface area contributed by atoms with Gasteiger partial charge in [0.15, 0.2) is 5.69 Å². The monoisotopic (exact) mass is 309 g/mol. The van der Waals surface area contributed by atoms with E-state index in [1.54, 1.807) is 4.57 Å². The summed E-state index contributed by atoms with van der Waals surface area (Å²) in [7, 11) is 3.21. The van der Waals surface area contributed by atoms with Gasteiger partial charge in [-0.3, -0.25) is 0 Å². The van der Waals surface area contributed by atoms with E-state index in [-0.39, 0.29) is 16.9 Å². The van der Waals surface area contributed by atoms with E-state index < -0.39 is 5.97 Å². The van der Waals surface area contributed by atoms with Crippen LogP contribution in [0, 0.1) is 18.3 Å². The first kappa shape index (κ1) is 14.7. The summed E-state index contributed by atoms with van der Waals surface area (Å²) < 4.78 is 8.31. The number of hydrogen-bond acceptors (Lipinski definition) is 5. The van der Waals surface area contributed by atoms with Crippen LogP contribution in [-0.4, -0.2) is 27.2 Å². The van der Waals surface area contributed by atoms with Gasteiger partial charge in [0.1, 0.15) is 11.9 Å². The summed E-state index contributed by atoms with van der Waals surface area (Å²) in [6.07, 6.45) is 1.53. The predicted molar refractivity (Wildman–Crippen MR) is 85.2 cm³/mol. The van der Waals surface area contributed by atoms with Crippen LogP contribution in [0.1, 0.15) is 21.9 Å². The van der Waals surface area contributed by atoms with E-state index in [9.17, 15) is 4.79 Å². The summed E-state index contributed by atoms with van der Waals surface area (Å²) in [4.78, 5) is 16.5. The molecule has 1 aromatic carbocycles. The summed E-state index contributed by atoms with van der Waals surface area (Å²) in [5.74, 6) is 0.288. The summed E-state index contributed by atoms with van der Waals surface area (Å²) in [5.41, 5.74) is 8.83. The van der Waals surface area contributed by atoms with Gasteiger partial charge in [0.2, 0.25) is 0 Å². The smallest absolute Gasteiger partial charge is 0.357 e. The van der Waals surface area contributed by atoms with Crippen molar-refractivity contribution in [2.75, 3.05) is 12.8 Å². The first-order valence-electron chi connectivity index (χ1n) is 6.90. The third kappa shape index (κ3) is 2.12. The van der Waals surface area contributed by atoms with Gasteiger partial charge in [-0.05, 0) is 25.1 Å². The number of fused-ring (bicyclic) bond motifs is 1. The fourth-order valence-electron chi connectivity index (χ4n) is 2.58. The Morgan fingerprint density at radius 1 is 1.43 bits per heavy atom. The van der Waals surface area contributed by atoms with Crippen molar-refractivity contribution in [1.29, 1.82) is 5.26 Å². The number of aryl methyl sites for hydroxylation is 2. The van der Waals surface area contributed by atoms with Crippen LogP contribution in [0.2, 0.25) is 0 Å². The fourth-order valence-corrected chi connectivity index (χ4v) is 2.58. The molecule has 23 heavy (non-hydrogen) atoms. The SMILES string of the molecule is COC(=O)c1c(N)c(C#N)cn1-c1ccc2c(c1)nc(C)n2C. The number of hydrogen-bond donors (Lipinski definition) is 1. The van der Waals surface area contributed by atoms with Crippen LogP contribution in [0.15, 0.2) is 24.4 Å². The molecule has 3 rings (SSSR count). The molecule has 0 aliphatic heterocycles. The van der Waals surface area contributed by atoms with E-state index in [1.165, 1.54) is 13.3 Å². The zero-order chi connectivity index (χ0) is 16.7. The van der Waals surface area contributed by atoms with Crippen LogP contribution < -0.4 is 5.73 Å². The quantitative estimate of drug-likeness (QED) is 0.729. The van der Waals surface area contributed by atoms with Gasteiger partial charge < -0.3 is 19.6 Å². The molecule has 0 spiro atoms. The molecule has 0 amide bonds. The lowest BCUT2D eigenvalue weighted by atomic mass is 10.2. The lowest BCUT2D eigenvalue weighted by Crippen LogP contribution is -2.11. The number of rotatable bonds is 2. The molecule has 0 bridgehead atoms. The number of ether oxygens (including phenoxy) is 1. The molecule has 2 heterocycles. The Labute approximate surface area is 132 Å². The average molecular weight is 309 g/mol. The molecule has 0 aliphatic carbocycles. The molecule has 7 heteroatoms. The highest BCUT2D eigenvalue weighted by Crippen LogP contribution is 2.26. The molecule has 0 aliphatic rings. The Morgan fingerprint density at radius 3 is 2.83 bits per heavy atom. The van der Waals surface area contributed by atoms with E-state index in [0.717, 1.165) is 16.9 Å². The van der Waals surface area contributed by atoms with Gasteiger partial charge in [-0.1, -0.05) is 0 Å². The van der Waals surface area contributed by atoms with E-state index in [2.05, 4.69) is 4.98 Å². The highest BCUT2D eigenvalue weighted by atomic mass is 16.5. The Hall–Kier alpha value is -3.27. The molecule has 0 atom stereocenters. The van der Waals surface area contributed by atoms with Gasteiger partial charge in [-0.2, -0.15) is 5.26 Å². The van der Waals surface area contributed by atoms with Crippen LogP contribution in [0.5, 0.6) is 0 Å². The van der Waals surface area contributed by atoms with Gasteiger partial charge in [-0.15, -0.1) is 0 Å². The average Bonchev–Trinajstić information content (AvgIpc) is 3.03. The minimum atomic E-state index is -0.596. The van der Waals surface area contributed by atoms with Crippen molar-refractivity contribution < 1.29 is 9.53 Å². The van der Waals surface area contributed by atoms with Gasteiger partial charge in [-0.25, -0.2) is 9.78 Å². The molecule has 3 aromatic rings. The number of nitrogens with two attached hydrogens (primary N) is 1. The van der Waals surface area contributed by atoms with Crippen molar-refractivity contribution in [2.45, 2.75) is 6.92 Å². The summed E-state index contributed by atoms with van der Waals surface area (Å²) in [5, 5.41) is 9.16. The third-order valence-corrected chi connectivity index (χ3v) is 3.91. The maximum Gasteiger partial charge on any atom is 0.357 e. The van der Waals surface area contributed by atoms with Crippen molar-refractivity contribution >= 4 is 22.7 Å². The molecule has 0 fully saturated rings. The molecule has 0 saturated heterocycles. The zero-order valence-electron chi connectivity index (χ0n) is 13.0. The number of methoxy groups -OCH3 is 1. The second-order valence-electron chi connectivity index (χ2n) is 5.17. The number of aromatic nitrogens is 3. The Morgan fingerprint density at radius 2 is 2.17 bits per heavy atom. The van der Waals surface area contributed by atoms with E-state index in [4.69, 9.17) is 15.7 Å².